The van der Waals surface area contributed by atoms with E-state index in [1.165, 1.54) is 48.5 Å². The fourth-order valence-electron chi connectivity index (χ4n) is 4.66. The average molecular weight is 518 g/mol. The third-order valence-corrected chi connectivity index (χ3v) is 11.2. The van der Waals surface area contributed by atoms with Crippen LogP contribution in [0, 0.1) is 0 Å². The minimum atomic E-state index is -6.05. The molecule has 0 bridgehead atoms. The summed E-state index contributed by atoms with van der Waals surface area (Å²) in [5.74, 6) is -11.7. The highest BCUT2D eigenvalue weighted by molar-refractivity contribution is 7.05. The Morgan fingerprint density at radius 2 is 1.09 bits per heavy atom. The van der Waals surface area contributed by atoms with E-state index in [9.17, 15) is 22.0 Å². The first-order chi connectivity index (χ1) is 16.1. The van der Waals surface area contributed by atoms with E-state index < -0.39 is 44.5 Å². The molecule has 10 heteroatoms. The minimum absolute atomic E-state index is 0.194. The van der Waals surface area contributed by atoms with Gasteiger partial charge in [-0.25, -0.2) is 8.78 Å². The number of alkyl halides is 9. The van der Waals surface area contributed by atoms with E-state index in [2.05, 4.69) is 0 Å². The van der Waals surface area contributed by atoms with Crippen LogP contribution in [-0.2, 0) is 0 Å². The quantitative estimate of drug-likeness (QED) is 0.136. The largest absolute Gasteiger partial charge is 0.389 e. The van der Waals surface area contributed by atoms with Crippen molar-refractivity contribution in [2.45, 2.75) is 43.0 Å². The fraction of sp³-hybridized carbons (Fsp3) is 0.280. The zero-order valence-electron chi connectivity index (χ0n) is 18.2. The predicted octanol–water partition coefficient (Wildman–Crippen LogP) is 7.41. The molecule has 4 aromatic carbocycles. The van der Waals surface area contributed by atoms with Gasteiger partial charge in [-0.15, -0.1) is 81.8 Å². The molecule has 0 aliphatic heterocycles. The van der Waals surface area contributed by atoms with Crippen LogP contribution in [0.3, 0.4) is 0 Å². The van der Waals surface area contributed by atoms with Crippen LogP contribution in [0.15, 0.2) is 72.8 Å². The zero-order valence-corrected chi connectivity index (χ0v) is 19.2. The molecule has 0 spiro atoms. The van der Waals surface area contributed by atoms with E-state index in [1.54, 1.807) is 24.3 Å². The lowest BCUT2D eigenvalue weighted by Gasteiger charge is -2.47. The van der Waals surface area contributed by atoms with Gasteiger partial charge in [0.05, 0.1) is 0 Å². The van der Waals surface area contributed by atoms with E-state index in [0.717, 1.165) is 6.55 Å². The molecule has 4 rings (SSSR count). The van der Waals surface area contributed by atoms with Crippen LogP contribution >= 0.6 is 0 Å². The van der Waals surface area contributed by atoms with Gasteiger partial charge in [-0.1, -0.05) is 17.3 Å². The van der Waals surface area contributed by atoms with Gasteiger partial charge in [0.15, 0.2) is 0 Å². The molecule has 0 radical (unpaired) electrons. The molecule has 4 aromatic rings. The molecule has 0 amide bonds. The summed E-state index contributed by atoms with van der Waals surface area (Å²) in [6.45, 7) is 0.879. The van der Waals surface area contributed by atoms with E-state index in [-0.39, 0.29) is 21.1 Å². The molecule has 0 N–H and O–H groups in total. The highest BCUT2D eigenvalue weighted by Gasteiger charge is 2.76. The number of hydrogen-bond acceptors (Lipinski definition) is 0. The molecule has 0 aliphatic rings. The summed E-state index contributed by atoms with van der Waals surface area (Å²) in [5.41, 5.74) is -5.36. The molecular weight excluding hydrogens is 499 g/mol. The molecule has 35 heavy (non-hydrogen) atoms. The number of rotatable bonds is 7. The maximum absolute atomic E-state index is 16.1. The highest BCUT2D eigenvalue weighted by atomic mass is 28.3. The summed E-state index contributed by atoms with van der Waals surface area (Å²) in [4.78, 5) is 0. The van der Waals surface area contributed by atoms with Gasteiger partial charge in [-0.3, -0.25) is 0 Å². The number of halogens is 9. The van der Waals surface area contributed by atoms with Gasteiger partial charge in [0.2, 0.25) is 0 Å². The van der Waals surface area contributed by atoms with Crippen molar-refractivity contribution in [3.05, 3.63) is 72.8 Å². The van der Waals surface area contributed by atoms with Gasteiger partial charge in [0.25, 0.3) is 5.55 Å². The first-order valence-electron chi connectivity index (χ1n) is 10.6. The molecular formula is C25H19F9Si-2. The van der Waals surface area contributed by atoms with Crippen LogP contribution in [0.4, 0.5) is 39.5 Å². The summed E-state index contributed by atoms with van der Waals surface area (Å²) in [6, 6.07) is 17.6. The molecule has 0 unspecified atom stereocenters. The zero-order chi connectivity index (χ0) is 25.9. The van der Waals surface area contributed by atoms with Crippen LogP contribution in [0.5, 0.6) is 0 Å². The second-order valence-corrected chi connectivity index (χ2v) is 12.7. The number of benzene rings is 2. The van der Waals surface area contributed by atoms with Crippen molar-refractivity contribution in [1.82, 2.24) is 0 Å². The Kier molecular flexibility index (Phi) is 5.90. The van der Waals surface area contributed by atoms with Gasteiger partial charge in [0.1, 0.15) is 8.07 Å². The Balaban J connectivity index is 1.98. The van der Waals surface area contributed by atoms with Crippen LogP contribution in [0.1, 0.15) is 12.8 Å². The summed E-state index contributed by atoms with van der Waals surface area (Å²) in [6.07, 6.45) is -9.98. The van der Waals surface area contributed by atoms with Gasteiger partial charge >= 0.3 is 18.0 Å². The van der Waals surface area contributed by atoms with Crippen LogP contribution in [0.2, 0.25) is 6.55 Å². The van der Waals surface area contributed by atoms with E-state index in [0.29, 0.717) is 10.8 Å². The predicted molar refractivity (Wildman–Crippen MR) is 120 cm³/mol. The van der Waals surface area contributed by atoms with Crippen LogP contribution < -0.4 is 10.4 Å². The second-order valence-electron chi connectivity index (χ2n) is 8.76. The number of fused-ring (bicyclic) bond motifs is 2. The van der Waals surface area contributed by atoms with Crippen molar-refractivity contribution in [3.63, 3.8) is 0 Å². The molecule has 0 saturated heterocycles. The summed E-state index contributed by atoms with van der Waals surface area (Å²) in [7, 11) is -5.12. The Hall–Kier alpha value is -2.75. The van der Waals surface area contributed by atoms with Crippen molar-refractivity contribution in [2.75, 3.05) is 0 Å². The van der Waals surface area contributed by atoms with Gasteiger partial charge in [-0.05, 0) is 0 Å². The Morgan fingerprint density at radius 1 is 0.629 bits per heavy atom. The molecule has 0 saturated carbocycles. The lowest BCUT2D eigenvalue weighted by atomic mass is 10.1. The smallest absolute Gasteiger partial charge is 0.206 e. The molecule has 0 aromatic heterocycles. The average Bonchev–Trinajstić information content (AvgIpc) is 3.41. The maximum atomic E-state index is 16.1. The first kappa shape index (κ1) is 25.3. The lowest BCUT2D eigenvalue weighted by molar-refractivity contribution is -0.290. The van der Waals surface area contributed by atoms with Crippen molar-refractivity contribution in [1.29, 1.82) is 0 Å². The molecule has 0 atom stereocenters. The molecule has 0 nitrogen and oxygen atoms in total. The van der Waals surface area contributed by atoms with Crippen LogP contribution in [0.25, 0.3) is 21.5 Å². The Bertz CT molecular complexity index is 1270. The normalized spacial score (nSPS) is 14.2. The third kappa shape index (κ3) is 3.86. The highest BCUT2D eigenvalue weighted by Crippen LogP contribution is 2.52. The van der Waals surface area contributed by atoms with Gasteiger partial charge < -0.3 is 0 Å². The standard InChI is InChI=1S/C25H19F9Si/c1-35(20-12-10-16-6-2-4-8-18(16)20,21-13-11-17-7-3-5-9-19(17)21)25(33,34)24(31,32)22(26,27)14-15-23(28,29)30/h2-13H,14-15H2,1H3/q-2. The Labute approximate surface area is 195 Å². The molecule has 0 fully saturated rings. The summed E-state index contributed by atoms with van der Waals surface area (Å²) < 4.78 is 129. The summed E-state index contributed by atoms with van der Waals surface area (Å²) >= 11 is 0. The van der Waals surface area contributed by atoms with Gasteiger partial charge in [0, 0.05) is 12.8 Å². The topological polar surface area (TPSA) is 0 Å². The van der Waals surface area contributed by atoms with E-state index in [1.807, 2.05) is 0 Å². The minimum Gasteiger partial charge on any atom is -0.206 e. The van der Waals surface area contributed by atoms with E-state index in [4.69, 9.17) is 0 Å². The molecule has 188 valence electrons. The SMILES string of the molecule is C[Si](c1cc[c-]2ccccc12)(c1cc[c-]2ccccc12)C(F)(F)C(F)(F)C(F)(F)CCC(F)(F)F. The van der Waals surface area contributed by atoms with Crippen LogP contribution in [-0.4, -0.2) is 31.6 Å². The first-order valence-corrected chi connectivity index (χ1v) is 13.1. The Morgan fingerprint density at radius 3 is 1.51 bits per heavy atom. The van der Waals surface area contributed by atoms with Crippen molar-refractivity contribution in [2.24, 2.45) is 0 Å². The number of hydrogen-bond donors (Lipinski definition) is 0. The second kappa shape index (κ2) is 8.14. The van der Waals surface area contributed by atoms with Crippen molar-refractivity contribution < 1.29 is 39.5 Å². The fourth-order valence-corrected chi connectivity index (χ4v) is 8.80. The van der Waals surface area contributed by atoms with Gasteiger partial charge in [-0.2, -0.15) is 42.9 Å². The summed E-state index contributed by atoms with van der Waals surface area (Å²) in [5, 5.41) is 0.948. The van der Waals surface area contributed by atoms with Crippen molar-refractivity contribution >= 4 is 40.0 Å². The lowest BCUT2D eigenvalue weighted by Crippen LogP contribution is -2.76. The third-order valence-electron chi connectivity index (χ3n) is 6.64. The molecule has 0 heterocycles. The van der Waals surface area contributed by atoms with Crippen molar-refractivity contribution in [3.8, 4) is 0 Å². The maximum Gasteiger partial charge on any atom is 0.389 e. The van der Waals surface area contributed by atoms with E-state index >= 15 is 17.6 Å². The molecule has 0 aliphatic carbocycles. The monoisotopic (exact) mass is 518 g/mol.